The highest BCUT2D eigenvalue weighted by molar-refractivity contribution is 5.83. The Morgan fingerprint density at radius 3 is 2.07 bits per heavy atom. The molecule has 6 heteroatoms. The normalized spacial score (nSPS) is 28.6. The Morgan fingerprint density at radius 2 is 1.31 bits per heavy atom. The second-order valence-electron chi connectivity index (χ2n) is 11.3. The number of allylic oxidation sites excluding steroid dienone is 7. The van der Waals surface area contributed by atoms with Crippen LogP contribution >= 0.6 is 0 Å². The lowest BCUT2D eigenvalue weighted by Gasteiger charge is -2.60. The van der Waals surface area contributed by atoms with Crippen LogP contribution in [0.2, 0.25) is 0 Å². The minimum Gasteiger partial charge on any atom is -0.509 e. The van der Waals surface area contributed by atoms with Gasteiger partial charge < -0.3 is 30.3 Å². The van der Waals surface area contributed by atoms with Gasteiger partial charge in [-0.05, 0) is 53.2 Å². The molecule has 5 N–H and O–H groups in total. The van der Waals surface area contributed by atoms with E-state index < -0.39 is 35.3 Å². The average molecular weight is 561 g/mol. The van der Waals surface area contributed by atoms with Gasteiger partial charge in [0.15, 0.2) is 11.2 Å². The Morgan fingerprint density at radius 1 is 0.714 bits per heavy atom. The third-order valence-corrected chi connectivity index (χ3v) is 9.02. The number of fused-ring (bicyclic) bond motifs is 4. The molecule has 0 amide bonds. The minimum absolute atomic E-state index is 0.0982. The van der Waals surface area contributed by atoms with Crippen molar-refractivity contribution in [3.8, 4) is 0 Å². The highest BCUT2D eigenvalue weighted by Gasteiger charge is 2.71. The molecule has 6 nitrogen and oxygen atoms in total. The lowest BCUT2D eigenvalue weighted by atomic mass is 9.62. The van der Waals surface area contributed by atoms with Crippen molar-refractivity contribution in [3.05, 3.63) is 154 Å². The van der Waals surface area contributed by atoms with Crippen LogP contribution in [0.3, 0.4) is 0 Å². The Hall–Kier alpha value is -4.20. The van der Waals surface area contributed by atoms with Crippen LogP contribution in [0.15, 0.2) is 121 Å². The summed E-state index contributed by atoms with van der Waals surface area (Å²) < 4.78 is 6.53. The second-order valence-corrected chi connectivity index (χ2v) is 11.3. The Labute approximate surface area is 244 Å². The fraction of sp³-hybridized carbons (Fsp3) is 0.222. The van der Waals surface area contributed by atoms with Crippen molar-refractivity contribution in [2.75, 3.05) is 0 Å². The van der Waals surface area contributed by atoms with Gasteiger partial charge in [0.1, 0.15) is 29.8 Å². The third kappa shape index (κ3) is 3.73. The van der Waals surface area contributed by atoms with Crippen molar-refractivity contribution in [2.24, 2.45) is 0 Å². The van der Waals surface area contributed by atoms with Gasteiger partial charge in [-0.15, -0.1) is 0 Å². The topological polar surface area (TPSA) is 110 Å². The molecule has 0 bridgehead atoms. The molecule has 1 unspecified atom stereocenters. The SMILES string of the molecule is OC(=C1C=CCc2ccccc21)[C@@H](O)[C@@H](O)[C@H](O)[C@@]1(O)C(=C2C=CCc3ccccc32)OC12C=CCc1ccccc12. The summed E-state index contributed by atoms with van der Waals surface area (Å²) in [6.45, 7) is 0. The first kappa shape index (κ1) is 26.7. The molecule has 42 heavy (non-hydrogen) atoms. The van der Waals surface area contributed by atoms with Crippen LogP contribution in [-0.2, 0) is 29.6 Å². The average Bonchev–Trinajstić information content (AvgIpc) is 3.05. The summed E-state index contributed by atoms with van der Waals surface area (Å²) in [4.78, 5) is 0. The molecule has 1 fully saturated rings. The van der Waals surface area contributed by atoms with Crippen molar-refractivity contribution in [2.45, 2.75) is 48.8 Å². The highest BCUT2D eigenvalue weighted by atomic mass is 16.6. The van der Waals surface area contributed by atoms with E-state index in [1.54, 1.807) is 12.2 Å². The standard InChI is InChI=1S/C36H32O6/c37-30(27-18-7-13-22-10-1-4-16-25(22)27)31(38)32(39)33(40)36(41)34(28-19-8-14-23-11-2-5-17-26(23)28)42-35(36)21-9-15-24-12-3-6-20-29(24)35/h1-12,16-21,31-33,37-41H,13-15H2/t31-,32-,33+,35?,36-/m1/s1. The van der Waals surface area contributed by atoms with E-state index in [2.05, 4.69) is 0 Å². The van der Waals surface area contributed by atoms with E-state index in [-0.39, 0.29) is 5.76 Å². The maximum atomic E-state index is 12.7. The zero-order chi connectivity index (χ0) is 29.1. The molecule has 1 aliphatic heterocycles. The molecule has 4 aliphatic rings. The van der Waals surface area contributed by atoms with Crippen LogP contribution in [0.5, 0.6) is 0 Å². The van der Waals surface area contributed by atoms with Crippen molar-refractivity contribution in [3.63, 3.8) is 0 Å². The summed E-state index contributed by atoms with van der Waals surface area (Å²) in [5.74, 6) is -0.388. The lowest BCUT2D eigenvalue weighted by Crippen LogP contribution is -2.73. The predicted octanol–water partition coefficient (Wildman–Crippen LogP) is 4.44. The lowest BCUT2D eigenvalue weighted by molar-refractivity contribution is -0.291. The fourth-order valence-electron chi connectivity index (χ4n) is 6.85. The van der Waals surface area contributed by atoms with Gasteiger partial charge >= 0.3 is 0 Å². The molecule has 3 aliphatic carbocycles. The summed E-state index contributed by atoms with van der Waals surface area (Å²) in [7, 11) is 0. The molecule has 212 valence electrons. The van der Waals surface area contributed by atoms with Crippen molar-refractivity contribution in [1.82, 2.24) is 0 Å². The van der Waals surface area contributed by atoms with E-state index >= 15 is 0 Å². The Bertz CT molecular complexity index is 1730. The molecule has 3 aromatic carbocycles. The quantitative estimate of drug-likeness (QED) is 0.238. The predicted molar refractivity (Wildman–Crippen MR) is 160 cm³/mol. The molecule has 0 saturated carbocycles. The number of aliphatic hydroxyl groups is 5. The molecule has 0 aromatic heterocycles. The van der Waals surface area contributed by atoms with Crippen molar-refractivity contribution in [1.29, 1.82) is 0 Å². The van der Waals surface area contributed by atoms with Crippen LogP contribution in [0.25, 0.3) is 11.1 Å². The summed E-state index contributed by atoms with van der Waals surface area (Å²) in [6, 6.07) is 22.8. The Kier molecular flexibility index (Phi) is 6.33. The van der Waals surface area contributed by atoms with E-state index in [9.17, 15) is 25.5 Å². The van der Waals surface area contributed by atoms with Gasteiger partial charge in [-0.3, -0.25) is 0 Å². The number of hydrogen-bond acceptors (Lipinski definition) is 6. The van der Waals surface area contributed by atoms with Crippen LogP contribution < -0.4 is 0 Å². The molecule has 1 heterocycles. The number of aliphatic hydroxyl groups excluding tert-OH is 4. The number of rotatable bonds is 4. The summed E-state index contributed by atoms with van der Waals surface area (Å²) in [5.41, 5.74) is 2.41. The van der Waals surface area contributed by atoms with Gasteiger partial charge in [-0.25, -0.2) is 0 Å². The van der Waals surface area contributed by atoms with Crippen LogP contribution in [0.1, 0.15) is 33.4 Å². The van der Waals surface area contributed by atoms with E-state index in [0.717, 1.165) is 27.8 Å². The van der Waals surface area contributed by atoms with Crippen LogP contribution in [-0.4, -0.2) is 49.4 Å². The highest BCUT2D eigenvalue weighted by Crippen LogP contribution is 2.60. The van der Waals surface area contributed by atoms with E-state index in [1.807, 2.05) is 97.1 Å². The first-order chi connectivity index (χ1) is 20.4. The molecule has 1 spiro atoms. The minimum atomic E-state index is -2.18. The Balaban J connectivity index is 1.36. The monoisotopic (exact) mass is 560 g/mol. The van der Waals surface area contributed by atoms with Crippen molar-refractivity contribution >= 4 is 11.1 Å². The van der Waals surface area contributed by atoms with Gasteiger partial charge in [0.2, 0.25) is 0 Å². The fourth-order valence-corrected chi connectivity index (χ4v) is 6.85. The molecular formula is C36H32O6. The number of hydrogen-bond donors (Lipinski definition) is 5. The molecule has 0 radical (unpaired) electrons. The largest absolute Gasteiger partial charge is 0.509 e. The molecule has 1 saturated heterocycles. The zero-order valence-corrected chi connectivity index (χ0v) is 22.9. The van der Waals surface area contributed by atoms with E-state index in [4.69, 9.17) is 4.74 Å². The summed E-state index contributed by atoms with van der Waals surface area (Å²) >= 11 is 0. The third-order valence-electron chi connectivity index (χ3n) is 9.02. The molecule has 5 atom stereocenters. The van der Waals surface area contributed by atoms with Gasteiger partial charge in [0.05, 0.1) is 0 Å². The second kappa shape index (κ2) is 9.96. The van der Waals surface area contributed by atoms with Gasteiger partial charge in [0, 0.05) is 16.7 Å². The molecule has 7 rings (SSSR count). The summed E-state index contributed by atoms with van der Waals surface area (Å²) in [6.07, 6.45) is 7.16. The van der Waals surface area contributed by atoms with Crippen LogP contribution in [0.4, 0.5) is 0 Å². The van der Waals surface area contributed by atoms with E-state index in [1.165, 1.54) is 0 Å². The number of benzene rings is 3. The number of ether oxygens (including phenoxy) is 1. The maximum absolute atomic E-state index is 12.7. The zero-order valence-electron chi connectivity index (χ0n) is 22.9. The van der Waals surface area contributed by atoms with Crippen molar-refractivity contribution < 1.29 is 30.3 Å². The van der Waals surface area contributed by atoms with Gasteiger partial charge in [-0.1, -0.05) is 103 Å². The van der Waals surface area contributed by atoms with Gasteiger partial charge in [0.25, 0.3) is 0 Å². The molecular weight excluding hydrogens is 528 g/mol. The maximum Gasteiger partial charge on any atom is 0.198 e. The first-order valence-corrected chi connectivity index (χ1v) is 14.3. The smallest absolute Gasteiger partial charge is 0.198 e. The molecule has 3 aromatic rings. The van der Waals surface area contributed by atoms with Gasteiger partial charge in [-0.2, -0.15) is 0 Å². The summed E-state index contributed by atoms with van der Waals surface area (Å²) in [5, 5.41) is 58.7. The first-order valence-electron chi connectivity index (χ1n) is 14.3. The van der Waals surface area contributed by atoms with E-state index in [0.29, 0.717) is 36.0 Å². The van der Waals surface area contributed by atoms with Crippen LogP contribution in [0, 0.1) is 0 Å².